The summed E-state index contributed by atoms with van der Waals surface area (Å²) in [5.74, 6) is 0.543. The molecule has 0 radical (unpaired) electrons. The van der Waals surface area contributed by atoms with E-state index in [4.69, 9.17) is 22.0 Å². The molecule has 6 N–H and O–H groups in total. The lowest BCUT2D eigenvalue weighted by Gasteiger charge is -1.98. The number of nitrogens with one attached hydrogen (secondary N) is 1. The molecule has 0 aromatic rings. The van der Waals surface area contributed by atoms with Crippen LogP contribution in [0.4, 0.5) is 0 Å². The van der Waals surface area contributed by atoms with E-state index in [1.807, 2.05) is 0 Å². The fourth-order valence-electron chi connectivity index (χ4n) is 0.535. The van der Waals surface area contributed by atoms with Gasteiger partial charge in [-0.2, -0.15) is 0 Å². The van der Waals surface area contributed by atoms with Crippen LogP contribution in [0.1, 0.15) is 12.8 Å². The molecular weight excluding hydrogens is 144 g/mol. The first-order chi connectivity index (χ1) is 5.16. The molecule has 64 valence electrons. The third-order valence-corrected chi connectivity index (χ3v) is 1.07. The van der Waals surface area contributed by atoms with Gasteiger partial charge in [-0.15, -0.1) is 0 Å². The topological polar surface area (TPSA) is 108 Å². The van der Waals surface area contributed by atoms with Gasteiger partial charge in [0.2, 0.25) is 0 Å². The van der Waals surface area contributed by atoms with Crippen LogP contribution in [-0.4, -0.2) is 29.9 Å². The molecule has 0 saturated heterocycles. The van der Waals surface area contributed by atoms with Crippen LogP contribution < -0.4 is 11.5 Å². The maximum Gasteiger partial charge on any atom is 0.0942 e. The van der Waals surface area contributed by atoms with Crippen molar-refractivity contribution in [2.45, 2.75) is 12.8 Å². The molecule has 0 heterocycles. The number of nitrogens with two attached hydrogens (primary N) is 2. The Balaban J connectivity index is 3.50. The first-order valence-electron chi connectivity index (χ1n) is 3.39. The van der Waals surface area contributed by atoms with Gasteiger partial charge < -0.3 is 16.6 Å². The van der Waals surface area contributed by atoms with Crippen molar-refractivity contribution >= 4 is 11.7 Å². The predicted molar refractivity (Wildman–Crippen MR) is 44.7 cm³/mol. The maximum atomic E-state index is 8.36. The van der Waals surface area contributed by atoms with Crippen molar-refractivity contribution in [1.82, 2.24) is 0 Å². The lowest BCUT2D eigenvalue weighted by Crippen LogP contribution is -2.17. The minimum absolute atomic E-state index is 0.000765. The number of amidine groups is 2. The summed E-state index contributed by atoms with van der Waals surface area (Å²) in [5, 5.41) is 15.2. The highest BCUT2D eigenvalue weighted by atomic mass is 16.3. The van der Waals surface area contributed by atoms with Gasteiger partial charge >= 0.3 is 0 Å². The van der Waals surface area contributed by atoms with E-state index in [2.05, 4.69) is 4.99 Å². The van der Waals surface area contributed by atoms with E-state index in [1.165, 1.54) is 0 Å². The fraction of sp³-hybridized carbons (Fsp3) is 0.667. The van der Waals surface area contributed by atoms with Crippen molar-refractivity contribution < 1.29 is 5.11 Å². The molecule has 11 heavy (non-hydrogen) atoms. The summed E-state index contributed by atoms with van der Waals surface area (Å²) >= 11 is 0. The van der Waals surface area contributed by atoms with Gasteiger partial charge in [0, 0.05) is 12.8 Å². The van der Waals surface area contributed by atoms with Crippen LogP contribution in [-0.2, 0) is 0 Å². The highest BCUT2D eigenvalue weighted by molar-refractivity contribution is 5.86. The van der Waals surface area contributed by atoms with Gasteiger partial charge in [0.25, 0.3) is 0 Å². The van der Waals surface area contributed by atoms with Gasteiger partial charge in [-0.1, -0.05) is 0 Å². The van der Waals surface area contributed by atoms with Crippen molar-refractivity contribution in [2.24, 2.45) is 16.5 Å². The zero-order valence-corrected chi connectivity index (χ0v) is 6.38. The van der Waals surface area contributed by atoms with Crippen molar-refractivity contribution in [2.75, 3.05) is 13.2 Å². The molecule has 0 aromatic heterocycles. The van der Waals surface area contributed by atoms with Gasteiger partial charge in [0.05, 0.1) is 24.8 Å². The Bertz CT molecular complexity index is 155. The lowest BCUT2D eigenvalue weighted by atomic mass is 10.3. The van der Waals surface area contributed by atoms with E-state index < -0.39 is 0 Å². The second kappa shape index (κ2) is 5.67. The van der Waals surface area contributed by atoms with Crippen LogP contribution >= 0.6 is 0 Å². The molecule has 0 fully saturated rings. The Morgan fingerprint density at radius 3 is 2.45 bits per heavy atom. The van der Waals surface area contributed by atoms with E-state index >= 15 is 0 Å². The summed E-state index contributed by atoms with van der Waals surface area (Å²) in [7, 11) is 0. The molecule has 0 amide bonds. The van der Waals surface area contributed by atoms with Crippen molar-refractivity contribution in [3.05, 3.63) is 0 Å². The first-order valence-corrected chi connectivity index (χ1v) is 3.39. The number of hydrogen-bond acceptors (Lipinski definition) is 3. The molecule has 0 aliphatic heterocycles. The van der Waals surface area contributed by atoms with Crippen LogP contribution in [0.3, 0.4) is 0 Å². The summed E-state index contributed by atoms with van der Waals surface area (Å²) < 4.78 is 0. The van der Waals surface area contributed by atoms with Crippen molar-refractivity contribution in [1.29, 1.82) is 5.41 Å². The van der Waals surface area contributed by atoms with Crippen LogP contribution in [0, 0.1) is 5.41 Å². The minimum atomic E-state index is 0.000765. The number of hydrogen-bond donors (Lipinski definition) is 4. The summed E-state index contributed by atoms with van der Waals surface area (Å²) in [6, 6.07) is 0. The zero-order chi connectivity index (χ0) is 8.69. The van der Waals surface area contributed by atoms with E-state index in [1.54, 1.807) is 0 Å². The molecule has 0 aliphatic rings. The Labute approximate surface area is 65.6 Å². The molecule has 5 nitrogen and oxygen atoms in total. The molecule has 0 aromatic carbocycles. The summed E-state index contributed by atoms with van der Waals surface area (Å²) in [6.07, 6.45) is 0.927. The lowest BCUT2D eigenvalue weighted by molar-refractivity contribution is 0.307. The predicted octanol–water partition coefficient (Wildman–Crippen LogP) is -0.948. The van der Waals surface area contributed by atoms with Crippen molar-refractivity contribution in [3.8, 4) is 0 Å². The van der Waals surface area contributed by atoms with E-state index in [9.17, 15) is 0 Å². The minimum Gasteiger partial charge on any atom is -0.394 e. The highest BCUT2D eigenvalue weighted by Gasteiger charge is 1.93. The zero-order valence-electron chi connectivity index (χ0n) is 6.38. The summed E-state index contributed by atoms with van der Waals surface area (Å²) in [6.45, 7) is 0.324. The van der Waals surface area contributed by atoms with Gasteiger partial charge in [0.15, 0.2) is 0 Å². The monoisotopic (exact) mass is 158 g/mol. The van der Waals surface area contributed by atoms with E-state index in [0.29, 0.717) is 25.2 Å². The number of aliphatic hydroxyl groups is 1. The second-order valence-electron chi connectivity index (χ2n) is 2.12. The average molecular weight is 158 g/mol. The van der Waals surface area contributed by atoms with Crippen LogP contribution in [0.2, 0.25) is 0 Å². The summed E-state index contributed by atoms with van der Waals surface area (Å²) in [5.41, 5.74) is 10.5. The second-order valence-corrected chi connectivity index (χ2v) is 2.12. The third-order valence-electron chi connectivity index (χ3n) is 1.07. The van der Waals surface area contributed by atoms with E-state index in [-0.39, 0.29) is 12.4 Å². The molecule has 0 rings (SSSR count). The molecule has 0 unspecified atom stereocenters. The van der Waals surface area contributed by atoms with E-state index in [0.717, 1.165) is 0 Å². The molecular formula is C6H14N4O. The third kappa shape index (κ3) is 6.79. The first kappa shape index (κ1) is 9.90. The number of nitrogens with zero attached hydrogens (tertiary/aromatic N) is 1. The SMILES string of the molecule is N=C(N)CCC(N)=NCCO. The average Bonchev–Trinajstić information content (AvgIpc) is 1.97. The standard InChI is InChI=1S/C6H14N4O/c7-5(8)1-2-6(9)10-3-4-11/h11H,1-4H2,(H3,7,8)(H2,9,10). The van der Waals surface area contributed by atoms with Crippen LogP contribution in [0.5, 0.6) is 0 Å². The molecule has 5 heteroatoms. The summed E-state index contributed by atoms with van der Waals surface area (Å²) in [4.78, 5) is 3.81. The fourth-order valence-corrected chi connectivity index (χ4v) is 0.535. The Morgan fingerprint density at radius 2 is 2.00 bits per heavy atom. The molecule has 0 aliphatic carbocycles. The molecule has 0 atom stereocenters. The quantitative estimate of drug-likeness (QED) is 0.306. The maximum absolute atomic E-state index is 8.36. The number of aliphatic imine (C=N–C) groups is 1. The molecule has 0 bridgehead atoms. The van der Waals surface area contributed by atoms with Gasteiger partial charge in [0.1, 0.15) is 0 Å². The smallest absolute Gasteiger partial charge is 0.0942 e. The van der Waals surface area contributed by atoms with Gasteiger partial charge in [-0.05, 0) is 0 Å². The van der Waals surface area contributed by atoms with Gasteiger partial charge in [-0.25, -0.2) is 0 Å². The molecule has 0 spiro atoms. The Morgan fingerprint density at radius 1 is 1.36 bits per heavy atom. The van der Waals surface area contributed by atoms with Crippen LogP contribution in [0.25, 0.3) is 0 Å². The molecule has 0 saturated carbocycles. The normalized spacial score (nSPS) is 11.5. The van der Waals surface area contributed by atoms with Crippen molar-refractivity contribution in [3.63, 3.8) is 0 Å². The van der Waals surface area contributed by atoms with Crippen LogP contribution in [0.15, 0.2) is 4.99 Å². The van der Waals surface area contributed by atoms with Gasteiger partial charge in [-0.3, -0.25) is 10.4 Å². The number of rotatable bonds is 5. The Hall–Kier alpha value is -1.10. The highest BCUT2D eigenvalue weighted by Crippen LogP contribution is 1.87. The Kier molecular flexibility index (Phi) is 5.10. The largest absolute Gasteiger partial charge is 0.394 e. The number of aliphatic hydroxyl groups excluding tert-OH is 1.